The molecule has 3 amide bonds. The van der Waals surface area contributed by atoms with Gasteiger partial charge in [0.15, 0.2) is 0 Å². The van der Waals surface area contributed by atoms with Crippen LogP contribution in [0, 0.1) is 5.82 Å². The molecule has 0 radical (unpaired) electrons. The van der Waals surface area contributed by atoms with Crippen molar-refractivity contribution in [2.75, 3.05) is 51.2 Å². The standard InChI is InChI=1S/C33H44FN5O4.2C2HF3O2/c1-33(2,35)32(42)37(3)26-18-24(17-25(34)20-26)31(41)39-15-13-38(14-16-39)30(40)23-9-10-29(43-27-11-12-36-21-27)28(19-23)22-7-5-4-6-8-22;2*3-2(4,5)1(6)7/h9-10,17-20,22,27,36H,4-8,11-16,21,35H2,1-3H3;2*(H,6,7)/t27-;;/m0../s1. The highest BCUT2D eigenvalue weighted by molar-refractivity contribution is 6.01. The lowest BCUT2D eigenvalue weighted by Gasteiger charge is -2.35. The van der Waals surface area contributed by atoms with Crippen molar-refractivity contribution < 1.29 is 69.7 Å². The third kappa shape index (κ3) is 13.6. The van der Waals surface area contributed by atoms with Gasteiger partial charge < -0.3 is 40.7 Å². The largest absolute Gasteiger partial charge is 0.490 e. The Bertz CT molecular complexity index is 1720. The summed E-state index contributed by atoms with van der Waals surface area (Å²) in [7, 11) is 1.51. The highest BCUT2D eigenvalue weighted by atomic mass is 19.4. The van der Waals surface area contributed by atoms with Gasteiger partial charge in [-0.2, -0.15) is 26.3 Å². The van der Waals surface area contributed by atoms with Gasteiger partial charge in [0, 0.05) is 56.6 Å². The number of nitrogens with zero attached hydrogens (tertiary/aromatic N) is 3. The minimum absolute atomic E-state index is 0.0594. The number of carboxylic acid groups (broad SMARTS) is 2. The van der Waals surface area contributed by atoms with Crippen molar-refractivity contribution in [3.63, 3.8) is 0 Å². The minimum Gasteiger partial charge on any atom is -0.489 e. The zero-order valence-corrected chi connectivity index (χ0v) is 31.5. The second-order valence-electron chi connectivity index (χ2n) is 14.3. The molecule has 0 bridgehead atoms. The summed E-state index contributed by atoms with van der Waals surface area (Å²) in [5.41, 5.74) is 6.97. The molecular formula is C37H46F7N5O8. The topological polar surface area (TPSA) is 183 Å². The van der Waals surface area contributed by atoms with Gasteiger partial charge in [0.1, 0.15) is 17.7 Å². The van der Waals surface area contributed by atoms with Crippen molar-refractivity contribution >= 4 is 35.3 Å². The Kier molecular flexibility index (Phi) is 15.8. The molecule has 57 heavy (non-hydrogen) atoms. The summed E-state index contributed by atoms with van der Waals surface area (Å²) in [4.78, 5) is 62.0. The van der Waals surface area contributed by atoms with E-state index in [-0.39, 0.29) is 29.2 Å². The zero-order chi connectivity index (χ0) is 42.9. The second kappa shape index (κ2) is 19.4. The number of ether oxygens (including phenoxy) is 1. The monoisotopic (exact) mass is 821 g/mol. The van der Waals surface area contributed by atoms with Crippen LogP contribution >= 0.6 is 0 Å². The van der Waals surface area contributed by atoms with Crippen molar-refractivity contribution in [1.29, 1.82) is 0 Å². The number of hydrogen-bond acceptors (Lipinski definition) is 8. The molecule has 3 fully saturated rings. The highest BCUT2D eigenvalue weighted by Gasteiger charge is 2.39. The van der Waals surface area contributed by atoms with Crippen molar-refractivity contribution in [3.8, 4) is 5.75 Å². The van der Waals surface area contributed by atoms with Crippen LogP contribution in [-0.4, -0.2) is 120 Å². The van der Waals surface area contributed by atoms with E-state index in [9.17, 15) is 45.1 Å². The van der Waals surface area contributed by atoms with Gasteiger partial charge in [0.05, 0.1) is 5.54 Å². The van der Waals surface area contributed by atoms with E-state index in [1.54, 1.807) is 23.6 Å². The van der Waals surface area contributed by atoms with E-state index in [4.69, 9.17) is 30.3 Å². The van der Waals surface area contributed by atoms with Crippen molar-refractivity contribution in [3.05, 3.63) is 58.9 Å². The molecular weight excluding hydrogens is 775 g/mol. The number of aliphatic carboxylic acids is 2. The van der Waals surface area contributed by atoms with Crippen LogP contribution < -0.4 is 20.7 Å². The fourth-order valence-corrected chi connectivity index (χ4v) is 6.35. The lowest BCUT2D eigenvalue weighted by atomic mass is 9.83. The highest BCUT2D eigenvalue weighted by Crippen LogP contribution is 2.39. The lowest BCUT2D eigenvalue weighted by molar-refractivity contribution is -0.193. The second-order valence-corrected chi connectivity index (χ2v) is 14.3. The Hall–Kier alpha value is -4.98. The van der Waals surface area contributed by atoms with Gasteiger partial charge in [-0.15, -0.1) is 0 Å². The molecule has 316 valence electrons. The van der Waals surface area contributed by atoms with Gasteiger partial charge in [-0.25, -0.2) is 14.0 Å². The third-order valence-electron chi connectivity index (χ3n) is 9.32. The van der Waals surface area contributed by atoms with E-state index in [2.05, 4.69) is 5.32 Å². The van der Waals surface area contributed by atoms with Gasteiger partial charge >= 0.3 is 24.3 Å². The summed E-state index contributed by atoms with van der Waals surface area (Å²) < 4.78 is 84.4. The average molecular weight is 822 g/mol. The summed E-state index contributed by atoms with van der Waals surface area (Å²) in [6, 6.07) is 9.74. The SMILES string of the molecule is CN(C(=O)C(C)(C)N)c1cc(F)cc(C(=O)N2CCN(C(=O)c3ccc(O[C@H]4CCNC4)c(C4CCCCC4)c3)CC2)c1.O=C(O)C(F)(F)F.O=C(O)C(F)(F)F. The zero-order valence-electron chi connectivity index (χ0n) is 31.5. The van der Waals surface area contributed by atoms with E-state index < -0.39 is 41.6 Å². The maximum Gasteiger partial charge on any atom is 0.490 e. The first kappa shape index (κ1) is 46.4. The molecule has 2 aromatic carbocycles. The van der Waals surface area contributed by atoms with Gasteiger partial charge in [0.2, 0.25) is 5.91 Å². The van der Waals surface area contributed by atoms with Crippen LogP contribution in [0.1, 0.15) is 84.6 Å². The molecule has 3 aliphatic rings. The maximum absolute atomic E-state index is 14.5. The van der Waals surface area contributed by atoms with Gasteiger partial charge in [-0.3, -0.25) is 14.4 Å². The van der Waals surface area contributed by atoms with E-state index in [1.165, 1.54) is 49.4 Å². The molecule has 0 aromatic heterocycles. The molecule has 2 aromatic rings. The number of hydrogen-bond donors (Lipinski definition) is 4. The van der Waals surface area contributed by atoms with Crippen molar-refractivity contribution in [2.24, 2.45) is 5.73 Å². The smallest absolute Gasteiger partial charge is 0.489 e. The average Bonchev–Trinajstić information content (AvgIpc) is 3.66. The fraction of sp³-hybridized carbons (Fsp3) is 0.541. The number of anilines is 1. The predicted molar refractivity (Wildman–Crippen MR) is 191 cm³/mol. The Labute approximate surface area is 323 Å². The van der Waals surface area contributed by atoms with Gasteiger partial charge in [0.25, 0.3) is 11.8 Å². The van der Waals surface area contributed by atoms with Crippen LogP contribution in [0.3, 0.4) is 0 Å². The molecule has 2 saturated heterocycles. The van der Waals surface area contributed by atoms with Crippen molar-refractivity contribution in [2.45, 2.75) is 82.3 Å². The van der Waals surface area contributed by atoms with E-state index in [1.807, 2.05) is 18.2 Å². The number of rotatable bonds is 7. The quantitative estimate of drug-likeness (QED) is 0.272. The molecule has 1 saturated carbocycles. The third-order valence-corrected chi connectivity index (χ3v) is 9.32. The van der Waals surface area contributed by atoms with E-state index >= 15 is 0 Å². The van der Waals surface area contributed by atoms with Crippen molar-refractivity contribution in [1.82, 2.24) is 15.1 Å². The molecule has 5 rings (SSSR count). The number of piperazine rings is 1. The van der Waals surface area contributed by atoms with Crippen LogP contribution in [0.15, 0.2) is 36.4 Å². The van der Waals surface area contributed by atoms with Crippen LogP contribution in [-0.2, 0) is 14.4 Å². The number of likely N-dealkylation sites (N-methyl/N-ethyl adjacent to an activating group) is 1. The summed E-state index contributed by atoms with van der Waals surface area (Å²) in [6.45, 7) is 6.34. The number of nitrogens with one attached hydrogen (secondary N) is 1. The number of benzene rings is 2. The van der Waals surface area contributed by atoms with Crippen LogP contribution in [0.25, 0.3) is 0 Å². The molecule has 0 unspecified atom stereocenters. The minimum atomic E-state index is -5.08. The number of alkyl halides is 6. The summed E-state index contributed by atoms with van der Waals surface area (Å²) in [5.74, 6) is -5.65. The summed E-state index contributed by atoms with van der Waals surface area (Å²) in [5, 5.41) is 17.6. The van der Waals surface area contributed by atoms with Crippen LogP contribution in [0.2, 0.25) is 0 Å². The summed E-state index contributed by atoms with van der Waals surface area (Å²) >= 11 is 0. The number of amides is 3. The molecule has 1 aliphatic carbocycles. The normalized spacial score (nSPS) is 17.7. The first-order chi connectivity index (χ1) is 26.4. The fourth-order valence-electron chi connectivity index (χ4n) is 6.35. The molecule has 13 nitrogen and oxygen atoms in total. The van der Waals surface area contributed by atoms with Gasteiger partial charge in [-0.1, -0.05) is 19.3 Å². The van der Waals surface area contributed by atoms with Crippen LogP contribution in [0.4, 0.5) is 36.4 Å². The Morgan fingerprint density at radius 2 is 1.30 bits per heavy atom. The van der Waals surface area contributed by atoms with Crippen LogP contribution in [0.5, 0.6) is 5.75 Å². The number of halogens is 7. The van der Waals surface area contributed by atoms with E-state index in [0.717, 1.165) is 43.7 Å². The molecule has 5 N–H and O–H groups in total. The predicted octanol–water partition coefficient (Wildman–Crippen LogP) is 5.18. The summed E-state index contributed by atoms with van der Waals surface area (Å²) in [6.07, 6.45) is -3.20. The Balaban J connectivity index is 0.000000531. The van der Waals surface area contributed by atoms with E-state index in [0.29, 0.717) is 37.7 Å². The number of carboxylic acids is 2. The molecule has 1 atom stereocenters. The Morgan fingerprint density at radius 1 is 0.789 bits per heavy atom. The number of carbonyl (C=O) groups excluding carboxylic acids is 3. The number of nitrogens with two attached hydrogens (primary N) is 1. The van der Waals surface area contributed by atoms with Gasteiger partial charge in [-0.05, 0) is 87.5 Å². The molecule has 2 aliphatic heterocycles. The molecule has 2 heterocycles. The first-order valence-corrected chi connectivity index (χ1v) is 18.0. The maximum atomic E-state index is 14.5. The Morgan fingerprint density at radius 3 is 1.75 bits per heavy atom. The number of carbonyl (C=O) groups is 5. The molecule has 20 heteroatoms. The lowest BCUT2D eigenvalue weighted by Crippen LogP contribution is -2.51. The first-order valence-electron chi connectivity index (χ1n) is 18.0. The molecule has 0 spiro atoms.